The van der Waals surface area contributed by atoms with Crippen molar-refractivity contribution < 1.29 is 4.39 Å². The summed E-state index contributed by atoms with van der Waals surface area (Å²) in [6, 6.07) is 4.60. The molecule has 16 heavy (non-hydrogen) atoms. The van der Waals surface area contributed by atoms with Gasteiger partial charge >= 0.3 is 0 Å². The summed E-state index contributed by atoms with van der Waals surface area (Å²) in [5.74, 6) is -0.210. The van der Waals surface area contributed by atoms with E-state index in [0.717, 1.165) is 0 Å². The first kappa shape index (κ1) is 11.3. The van der Waals surface area contributed by atoms with Crippen LogP contribution in [-0.2, 0) is 0 Å². The van der Waals surface area contributed by atoms with E-state index in [1.165, 1.54) is 16.8 Å². The van der Waals surface area contributed by atoms with E-state index < -0.39 is 11.2 Å². The molecule has 0 aliphatic heterocycles. The first-order chi connectivity index (χ1) is 7.61. The van der Waals surface area contributed by atoms with Gasteiger partial charge < -0.3 is 0 Å². The Hall–Kier alpha value is -1.20. The topological polar surface area (TPSA) is 43.6 Å². The Morgan fingerprint density at radius 1 is 1.44 bits per heavy atom. The van der Waals surface area contributed by atoms with Crippen LogP contribution >= 0.6 is 23.2 Å². The Morgan fingerprint density at radius 2 is 2.19 bits per heavy atom. The van der Waals surface area contributed by atoms with Crippen LogP contribution in [0.15, 0.2) is 18.2 Å². The number of benzene rings is 1. The fourth-order valence-electron chi connectivity index (χ4n) is 1.27. The average Bonchev–Trinajstić information content (AvgIpc) is 2.70. The van der Waals surface area contributed by atoms with Crippen LogP contribution in [0.3, 0.4) is 0 Å². The summed E-state index contributed by atoms with van der Waals surface area (Å²) < 4.78 is 15.0. The second-order valence-corrected chi connectivity index (χ2v) is 4.20. The number of hydrogen-bond donors (Lipinski definition) is 0. The van der Waals surface area contributed by atoms with Crippen molar-refractivity contribution >= 4 is 23.2 Å². The molecule has 0 amide bonds. The van der Waals surface area contributed by atoms with Crippen LogP contribution in [0.25, 0.3) is 5.69 Å². The van der Waals surface area contributed by atoms with E-state index in [-0.39, 0.29) is 10.7 Å². The molecule has 0 N–H and O–H groups in total. The quantitative estimate of drug-likeness (QED) is 0.780. The lowest BCUT2D eigenvalue weighted by molar-refractivity contribution is 0.602. The Labute approximate surface area is 101 Å². The van der Waals surface area contributed by atoms with Crippen LogP contribution in [0.4, 0.5) is 4.39 Å². The van der Waals surface area contributed by atoms with E-state index in [2.05, 4.69) is 15.5 Å². The van der Waals surface area contributed by atoms with Crippen LogP contribution in [0.2, 0.25) is 5.02 Å². The smallest absolute Gasteiger partial charge is 0.174 e. The third-order valence-corrected chi connectivity index (χ3v) is 2.50. The molecule has 1 heterocycles. The number of rotatable bonds is 2. The maximum atomic E-state index is 13.7. The number of aromatic nitrogens is 4. The van der Waals surface area contributed by atoms with Gasteiger partial charge in [0.1, 0.15) is 5.69 Å². The van der Waals surface area contributed by atoms with E-state index in [0.29, 0.717) is 5.82 Å². The van der Waals surface area contributed by atoms with Gasteiger partial charge in [-0.1, -0.05) is 17.7 Å². The molecule has 1 aromatic carbocycles. The number of nitrogens with zero attached hydrogens (tertiary/aromatic N) is 4. The van der Waals surface area contributed by atoms with Crippen molar-refractivity contribution in [3.63, 3.8) is 0 Å². The van der Waals surface area contributed by atoms with Gasteiger partial charge in [-0.15, -0.1) is 16.7 Å². The van der Waals surface area contributed by atoms with Crippen molar-refractivity contribution in [2.24, 2.45) is 0 Å². The molecule has 2 rings (SSSR count). The summed E-state index contributed by atoms with van der Waals surface area (Å²) in [6.07, 6.45) is 0. The summed E-state index contributed by atoms with van der Waals surface area (Å²) in [4.78, 5) is 0. The van der Waals surface area contributed by atoms with Crippen molar-refractivity contribution in [2.75, 3.05) is 0 Å². The number of hydrogen-bond acceptors (Lipinski definition) is 3. The second kappa shape index (κ2) is 4.35. The lowest BCUT2D eigenvalue weighted by Crippen LogP contribution is -2.06. The predicted octanol–water partition coefficient (Wildman–Crippen LogP) is 2.75. The van der Waals surface area contributed by atoms with Gasteiger partial charge in [0.2, 0.25) is 0 Å². The zero-order valence-electron chi connectivity index (χ0n) is 8.23. The van der Waals surface area contributed by atoms with Gasteiger partial charge in [-0.2, -0.15) is 4.68 Å². The predicted molar refractivity (Wildman–Crippen MR) is 58.4 cm³/mol. The van der Waals surface area contributed by atoms with Crippen LogP contribution in [-0.4, -0.2) is 20.2 Å². The first-order valence-electron chi connectivity index (χ1n) is 4.48. The average molecular weight is 261 g/mol. The van der Waals surface area contributed by atoms with Crippen molar-refractivity contribution in [3.05, 3.63) is 34.9 Å². The highest BCUT2D eigenvalue weighted by molar-refractivity contribution is 6.30. The fourth-order valence-corrected chi connectivity index (χ4v) is 1.58. The molecule has 84 valence electrons. The highest BCUT2D eigenvalue weighted by Crippen LogP contribution is 2.24. The van der Waals surface area contributed by atoms with Gasteiger partial charge in [0.05, 0.1) is 10.4 Å². The van der Waals surface area contributed by atoms with E-state index in [1.54, 1.807) is 13.0 Å². The molecule has 4 nitrogen and oxygen atoms in total. The van der Waals surface area contributed by atoms with Gasteiger partial charge in [-0.05, 0) is 29.5 Å². The molecule has 0 bridgehead atoms. The lowest BCUT2D eigenvalue weighted by atomic mass is 10.3. The molecule has 1 atom stereocenters. The molecule has 1 unspecified atom stereocenters. The van der Waals surface area contributed by atoms with E-state index >= 15 is 0 Å². The normalized spacial score (nSPS) is 12.8. The standard InChI is InChI=1S/C9H7Cl2FN4/c1-5(10)9-13-14-15-16(9)7-4-2-3-6(11)8(7)12/h2-5H,1H3. The summed E-state index contributed by atoms with van der Waals surface area (Å²) in [5.41, 5.74) is 0.181. The zero-order chi connectivity index (χ0) is 11.7. The zero-order valence-corrected chi connectivity index (χ0v) is 9.74. The van der Waals surface area contributed by atoms with E-state index in [1.807, 2.05) is 0 Å². The van der Waals surface area contributed by atoms with Crippen molar-refractivity contribution in [1.29, 1.82) is 0 Å². The molecule has 0 fully saturated rings. The summed E-state index contributed by atoms with van der Waals surface area (Å²) >= 11 is 11.5. The lowest BCUT2D eigenvalue weighted by Gasteiger charge is -2.07. The monoisotopic (exact) mass is 260 g/mol. The number of alkyl halides is 1. The Balaban J connectivity index is 2.59. The molecule has 7 heteroatoms. The Morgan fingerprint density at radius 3 is 2.88 bits per heavy atom. The largest absolute Gasteiger partial charge is 0.203 e. The third kappa shape index (κ3) is 1.88. The molecule has 2 aromatic rings. The second-order valence-electron chi connectivity index (χ2n) is 3.14. The van der Waals surface area contributed by atoms with Crippen LogP contribution in [0, 0.1) is 5.82 Å². The number of tetrazole rings is 1. The van der Waals surface area contributed by atoms with E-state index in [4.69, 9.17) is 23.2 Å². The van der Waals surface area contributed by atoms with Gasteiger partial charge in [0, 0.05) is 0 Å². The molecular formula is C9H7Cl2FN4. The molecule has 0 saturated carbocycles. The van der Waals surface area contributed by atoms with Gasteiger partial charge in [0.25, 0.3) is 0 Å². The minimum Gasteiger partial charge on any atom is -0.203 e. The Bertz CT molecular complexity index is 512. The summed E-state index contributed by atoms with van der Waals surface area (Å²) in [6.45, 7) is 1.70. The SMILES string of the molecule is CC(Cl)c1nnnn1-c1cccc(Cl)c1F. The maximum absolute atomic E-state index is 13.7. The van der Waals surface area contributed by atoms with Crippen molar-refractivity contribution in [3.8, 4) is 5.69 Å². The molecule has 0 aliphatic rings. The van der Waals surface area contributed by atoms with Gasteiger partial charge in [-0.25, -0.2) is 4.39 Å². The van der Waals surface area contributed by atoms with Crippen LogP contribution in [0.1, 0.15) is 18.1 Å². The molecule has 0 spiro atoms. The van der Waals surface area contributed by atoms with Crippen LogP contribution in [0.5, 0.6) is 0 Å². The summed E-state index contributed by atoms with van der Waals surface area (Å²) in [5, 5.41) is 10.5. The maximum Gasteiger partial charge on any atom is 0.174 e. The molecule has 0 saturated heterocycles. The third-order valence-electron chi connectivity index (χ3n) is 2.01. The van der Waals surface area contributed by atoms with Crippen molar-refractivity contribution in [2.45, 2.75) is 12.3 Å². The van der Waals surface area contributed by atoms with Gasteiger partial charge in [-0.3, -0.25) is 0 Å². The Kier molecular flexibility index (Phi) is 3.07. The highest BCUT2D eigenvalue weighted by Gasteiger charge is 2.17. The van der Waals surface area contributed by atoms with Crippen molar-refractivity contribution in [1.82, 2.24) is 20.2 Å². The molecule has 0 aliphatic carbocycles. The first-order valence-corrected chi connectivity index (χ1v) is 5.29. The summed E-state index contributed by atoms with van der Waals surface area (Å²) in [7, 11) is 0. The minimum atomic E-state index is -0.574. The highest BCUT2D eigenvalue weighted by atomic mass is 35.5. The molecular weight excluding hydrogens is 254 g/mol. The van der Waals surface area contributed by atoms with Crippen LogP contribution < -0.4 is 0 Å². The molecule has 0 radical (unpaired) electrons. The molecule has 1 aromatic heterocycles. The minimum absolute atomic E-state index is 0.0150. The number of halogens is 3. The fraction of sp³-hybridized carbons (Fsp3) is 0.222. The van der Waals surface area contributed by atoms with E-state index in [9.17, 15) is 4.39 Å². The van der Waals surface area contributed by atoms with Gasteiger partial charge in [0.15, 0.2) is 11.6 Å².